The summed E-state index contributed by atoms with van der Waals surface area (Å²) in [5.74, 6) is -0.834. The highest BCUT2D eigenvalue weighted by Crippen LogP contribution is 2.57. The summed E-state index contributed by atoms with van der Waals surface area (Å²) in [4.78, 5) is 23.9. The number of nitrogens with two attached hydrogens (primary N) is 1. The second-order valence-corrected chi connectivity index (χ2v) is 19.7. The highest BCUT2D eigenvalue weighted by atomic mass is 32.2. The first-order valence-electron chi connectivity index (χ1n) is 13.3. The molecule has 1 aromatic heterocycles. The topological polar surface area (TPSA) is 103 Å². The summed E-state index contributed by atoms with van der Waals surface area (Å²) in [5.41, 5.74) is 4.33. The van der Waals surface area contributed by atoms with Crippen LogP contribution in [-0.4, -0.2) is 54.8 Å². The zero-order valence-corrected chi connectivity index (χ0v) is 26.7. The predicted molar refractivity (Wildman–Crippen MR) is 158 cm³/mol. The lowest BCUT2D eigenvalue weighted by Gasteiger charge is -2.48. The maximum Gasteiger partial charge on any atom is 0.418 e. The summed E-state index contributed by atoms with van der Waals surface area (Å²) in [5, 5.41) is 0.123. The van der Waals surface area contributed by atoms with Crippen molar-refractivity contribution in [3.63, 3.8) is 0 Å². The van der Waals surface area contributed by atoms with E-state index >= 15 is 8.78 Å². The van der Waals surface area contributed by atoms with E-state index < -0.39 is 48.5 Å². The molecule has 2 heterocycles. The molecule has 1 unspecified atom stereocenters. The zero-order valence-electron chi connectivity index (χ0n) is 24.9. The number of anilines is 1. The normalized spacial score (nSPS) is 23.6. The molecule has 0 fully saturated rings. The largest absolute Gasteiger partial charge is 0.447 e. The van der Waals surface area contributed by atoms with Gasteiger partial charge in [-0.05, 0) is 58.9 Å². The van der Waals surface area contributed by atoms with Crippen LogP contribution >= 0.6 is 11.8 Å². The van der Waals surface area contributed by atoms with Crippen molar-refractivity contribution < 1.29 is 27.5 Å². The molecule has 0 bridgehead atoms. The average molecular weight is 597 g/mol. The molecule has 3 atom stereocenters. The van der Waals surface area contributed by atoms with Gasteiger partial charge in [-0.1, -0.05) is 38.3 Å². The molecule has 2 aromatic rings. The molecule has 3 rings (SSSR count). The molecular weight excluding hydrogens is 554 g/mol. The van der Waals surface area contributed by atoms with Crippen LogP contribution in [0, 0.1) is 18.7 Å². The van der Waals surface area contributed by atoms with Crippen LogP contribution < -0.4 is 5.73 Å². The minimum atomic E-state index is -1.74. The third-order valence-electron chi connectivity index (χ3n) is 7.06. The third kappa shape index (κ3) is 6.88. The Hall–Kier alpha value is -2.44. The Morgan fingerprint density at radius 1 is 1.30 bits per heavy atom. The summed E-state index contributed by atoms with van der Waals surface area (Å²) in [6, 6.07) is 4.90. The first-order valence-corrected chi connectivity index (χ1v) is 17.8. The SMILES string of the molecule is Cc1ncoc1[C@@]1(C)SC(N(COCC[Si](C)(C)C)C(=O)OC(C)(C)C)=N[C@](CF)(c2cc(N)ccc2F)C1C. The number of amides is 1. The number of aliphatic imine (C=N–C) groups is 1. The Morgan fingerprint density at radius 3 is 2.52 bits per heavy atom. The number of benzene rings is 1. The lowest BCUT2D eigenvalue weighted by Crippen LogP contribution is -2.53. The Kier molecular flexibility index (Phi) is 9.47. The van der Waals surface area contributed by atoms with E-state index in [-0.39, 0.29) is 23.1 Å². The molecule has 1 aliphatic rings. The number of hydrogen-bond acceptors (Lipinski definition) is 8. The molecular formula is C28H42F2N4O4SSi. The number of aromatic nitrogens is 1. The number of amidine groups is 1. The molecule has 0 radical (unpaired) electrons. The van der Waals surface area contributed by atoms with E-state index in [0.717, 1.165) is 6.04 Å². The minimum Gasteiger partial charge on any atom is -0.447 e. The smallest absolute Gasteiger partial charge is 0.418 e. The number of thioether (sulfide) groups is 1. The van der Waals surface area contributed by atoms with Gasteiger partial charge in [0.25, 0.3) is 0 Å². The van der Waals surface area contributed by atoms with Gasteiger partial charge in [0.15, 0.2) is 11.6 Å². The number of halogens is 2. The molecule has 0 aliphatic carbocycles. The number of carbonyl (C=O) groups is 1. The monoisotopic (exact) mass is 596 g/mol. The van der Waals surface area contributed by atoms with Crippen LogP contribution in [0.2, 0.25) is 25.7 Å². The van der Waals surface area contributed by atoms with E-state index in [4.69, 9.17) is 24.6 Å². The number of hydrogen-bond donors (Lipinski definition) is 1. The molecule has 0 saturated heterocycles. The molecule has 40 heavy (non-hydrogen) atoms. The van der Waals surface area contributed by atoms with Crippen LogP contribution in [0.5, 0.6) is 0 Å². The van der Waals surface area contributed by atoms with Crippen molar-refractivity contribution in [3.8, 4) is 0 Å². The van der Waals surface area contributed by atoms with Crippen molar-refractivity contribution >= 4 is 36.8 Å². The van der Waals surface area contributed by atoms with Gasteiger partial charge >= 0.3 is 6.09 Å². The maximum absolute atomic E-state index is 15.5. The number of nitrogens with zero attached hydrogens (tertiary/aromatic N) is 3. The molecule has 222 valence electrons. The highest BCUT2D eigenvalue weighted by molar-refractivity contribution is 8.14. The molecule has 1 aliphatic heterocycles. The number of aryl methyl sites for hydroxylation is 1. The van der Waals surface area contributed by atoms with Crippen molar-refractivity contribution in [3.05, 3.63) is 47.4 Å². The number of rotatable bonds is 8. The van der Waals surface area contributed by atoms with Gasteiger partial charge in [0.1, 0.15) is 36.1 Å². The van der Waals surface area contributed by atoms with Crippen LogP contribution in [0.1, 0.15) is 51.6 Å². The average Bonchev–Trinajstić information content (AvgIpc) is 3.27. The van der Waals surface area contributed by atoms with E-state index in [1.165, 1.54) is 41.3 Å². The first kappa shape index (κ1) is 32.1. The maximum atomic E-state index is 15.5. The third-order valence-corrected chi connectivity index (χ3v) is 10.2. The fourth-order valence-corrected chi connectivity index (χ4v) is 6.83. The Labute approximate surface area is 241 Å². The molecule has 2 N–H and O–H groups in total. The second kappa shape index (κ2) is 11.8. The number of carbonyl (C=O) groups excluding carboxylic acids is 1. The van der Waals surface area contributed by atoms with Crippen molar-refractivity contribution in [2.45, 2.75) is 83.1 Å². The number of alkyl halides is 1. The van der Waals surface area contributed by atoms with Crippen LogP contribution in [0.15, 0.2) is 34.0 Å². The Morgan fingerprint density at radius 2 is 1.98 bits per heavy atom. The van der Waals surface area contributed by atoms with Crippen molar-refractivity contribution in [1.29, 1.82) is 0 Å². The Balaban J connectivity index is 2.22. The van der Waals surface area contributed by atoms with Crippen LogP contribution in [0.25, 0.3) is 0 Å². The van der Waals surface area contributed by atoms with E-state index in [2.05, 4.69) is 24.6 Å². The molecule has 1 aromatic carbocycles. The summed E-state index contributed by atoms with van der Waals surface area (Å²) in [6.07, 6.45) is 0.608. The number of ether oxygens (including phenoxy) is 2. The van der Waals surface area contributed by atoms with E-state index in [0.29, 0.717) is 18.1 Å². The van der Waals surface area contributed by atoms with Crippen molar-refractivity contribution in [1.82, 2.24) is 9.88 Å². The summed E-state index contributed by atoms with van der Waals surface area (Å²) in [6.45, 7) is 16.6. The van der Waals surface area contributed by atoms with Crippen molar-refractivity contribution in [2.24, 2.45) is 10.9 Å². The summed E-state index contributed by atoms with van der Waals surface area (Å²) < 4.78 is 47.4. The van der Waals surface area contributed by atoms with Gasteiger partial charge in [-0.2, -0.15) is 0 Å². The van der Waals surface area contributed by atoms with Crippen LogP contribution in [-0.2, 0) is 19.8 Å². The quantitative estimate of drug-likeness (QED) is 0.150. The van der Waals surface area contributed by atoms with E-state index in [1.807, 2.05) is 6.92 Å². The standard InChI is InChI=1S/C28H42F2N4O4SSi/c1-18-23(37-16-32-18)27(6)19(2)28(15-29,21-14-20(31)10-11-22(21)30)33-24(39-27)34(25(35)38-26(3,4)5)17-36-12-13-40(7,8)9/h10-11,14,16,19H,12-13,15,17,31H2,1-9H3/t19?,27-,28-/m0/s1. The van der Waals surface area contributed by atoms with Crippen LogP contribution in [0.3, 0.4) is 0 Å². The minimum absolute atomic E-state index is 0.00696. The molecule has 8 nitrogen and oxygen atoms in total. The summed E-state index contributed by atoms with van der Waals surface area (Å²) in [7, 11) is -1.41. The van der Waals surface area contributed by atoms with Gasteiger partial charge in [-0.3, -0.25) is 0 Å². The van der Waals surface area contributed by atoms with Gasteiger partial charge < -0.3 is 19.6 Å². The van der Waals surface area contributed by atoms with Gasteiger partial charge in [-0.15, -0.1) is 0 Å². The number of nitrogen functional groups attached to an aromatic ring is 1. The second-order valence-electron chi connectivity index (χ2n) is 12.6. The van der Waals surface area contributed by atoms with Crippen LogP contribution in [0.4, 0.5) is 19.3 Å². The van der Waals surface area contributed by atoms with Crippen molar-refractivity contribution in [2.75, 3.05) is 25.7 Å². The van der Waals surface area contributed by atoms with Gasteiger partial charge in [0, 0.05) is 31.8 Å². The fourth-order valence-electron chi connectivity index (χ4n) is 4.58. The predicted octanol–water partition coefficient (Wildman–Crippen LogP) is 7.07. The highest BCUT2D eigenvalue weighted by Gasteiger charge is 2.57. The lowest BCUT2D eigenvalue weighted by atomic mass is 9.72. The Bertz CT molecular complexity index is 1250. The van der Waals surface area contributed by atoms with Gasteiger partial charge in [-0.25, -0.2) is 28.5 Å². The zero-order chi connectivity index (χ0) is 30.1. The number of oxazole rings is 1. The lowest BCUT2D eigenvalue weighted by molar-refractivity contribution is 0.0105. The van der Waals surface area contributed by atoms with E-state index in [1.54, 1.807) is 34.6 Å². The summed E-state index contributed by atoms with van der Waals surface area (Å²) >= 11 is 1.21. The molecule has 12 heteroatoms. The van der Waals surface area contributed by atoms with E-state index in [9.17, 15) is 4.79 Å². The van der Waals surface area contributed by atoms with Gasteiger partial charge in [0.2, 0.25) is 0 Å². The first-order chi connectivity index (χ1) is 18.4. The fraction of sp³-hybridized carbons (Fsp3) is 0.607. The molecule has 0 saturated carbocycles. The van der Waals surface area contributed by atoms with Gasteiger partial charge in [0.05, 0.1) is 10.4 Å². The molecule has 1 amide bonds. The molecule has 0 spiro atoms.